The van der Waals surface area contributed by atoms with Gasteiger partial charge in [-0.1, -0.05) is 12.8 Å². The molecule has 0 saturated heterocycles. The monoisotopic (exact) mass is 288 g/mol. The molecule has 0 aliphatic heterocycles. The van der Waals surface area contributed by atoms with Crippen LogP contribution in [0.3, 0.4) is 0 Å². The van der Waals surface area contributed by atoms with Crippen molar-refractivity contribution in [3.05, 3.63) is 0 Å². The molecule has 0 unspecified atom stereocenters. The number of aliphatic carboxylic acids is 1. The van der Waals surface area contributed by atoms with Gasteiger partial charge in [-0.3, -0.25) is 4.79 Å². The Balaban J connectivity index is 3.56. The van der Waals surface area contributed by atoms with Crippen LogP contribution in [0.5, 0.6) is 0 Å². The molecule has 0 bridgehead atoms. The van der Waals surface area contributed by atoms with E-state index in [2.05, 4.69) is 5.32 Å². The average Bonchev–Trinajstić information content (AvgIpc) is 2.42. The van der Waals surface area contributed by atoms with Crippen molar-refractivity contribution in [3.8, 4) is 0 Å². The summed E-state index contributed by atoms with van der Waals surface area (Å²) in [5, 5.41) is 11.4. The number of hydrogen-bond acceptors (Lipinski definition) is 3. The lowest BCUT2D eigenvalue weighted by molar-refractivity contribution is -0.137. The van der Waals surface area contributed by atoms with Gasteiger partial charge in [-0.25, -0.2) is 4.79 Å². The molecule has 0 spiro atoms. The van der Waals surface area contributed by atoms with Crippen LogP contribution in [0, 0.1) is 0 Å². The molecule has 0 saturated carbocycles. The maximum Gasteiger partial charge on any atom is 0.317 e. The molecule has 0 fully saturated rings. The minimum Gasteiger partial charge on any atom is -0.481 e. The van der Waals surface area contributed by atoms with Gasteiger partial charge in [0.2, 0.25) is 0 Å². The first-order valence-corrected chi connectivity index (χ1v) is 7.44. The molecular weight excluding hydrogens is 260 g/mol. The first-order valence-electron chi connectivity index (χ1n) is 7.44. The zero-order valence-electron chi connectivity index (χ0n) is 12.7. The Morgan fingerprint density at radius 3 is 2.45 bits per heavy atom. The van der Waals surface area contributed by atoms with Crippen LogP contribution in [0.2, 0.25) is 0 Å². The van der Waals surface area contributed by atoms with E-state index < -0.39 is 5.97 Å². The fourth-order valence-corrected chi connectivity index (χ4v) is 1.78. The summed E-state index contributed by atoms with van der Waals surface area (Å²) in [5.41, 5.74) is 0. The van der Waals surface area contributed by atoms with Gasteiger partial charge in [0.05, 0.1) is 6.61 Å². The fraction of sp³-hybridized carbons (Fsp3) is 0.857. The summed E-state index contributed by atoms with van der Waals surface area (Å²) in [7, 11) is 0. The van der Waals surface area contributed by atoms with E-state index in [0.717, 1.165) is 19.3 Å². The SMILES string of the molecule is CCOCCN(CC)C(=O)NCCCCCCC(=O)O. The lowest BCUT2D eigenvalue weighted by atomic mass is 10.1. The number of carboxylic acids is 1. The van der Waals surface area contributed by atoms with Crippen LogP contribution in [0.1, 0.15) is 46.0 Å². The molecule has 6 nitrogen and oxygen atoms in total. The van der Waals surface area contributed by atoms with Crippen molar-refractivity contribution in [2.75, 3.05) is 32.8 Å². The Hall–Kier alpha value is -1.30. The van der Waals surface area contributed by atoms with E-state index in [9.17, 15) is 9.59 Å². The predicted molar refractivity (Wildman–Crippen MR) is 77.9 cm³/mol. The van der Waals surface area contributed by atoms with E-state index in [1.165, 1.54) is 0 Å². The average molecular weight is 288 g/mol. The quantitative estimate of drug-likeness (QED) is 0.539. The fourth-order valence-electron chi connectivity index (χ4n) is 1.78. The molecule has 0 heterocycles. The Bertz CT molecular complexity index is 272. The van der Waals surface area contributed by atoms with Crippen LogP contribution in [0.25, 0.3) is 0 Å². The molecule has 2 amide bonds. The summed E-state index contributed by atoms with van der Waals surface area (Å²) < 4.78 is 5.24. The number of carbonyl (C=O) groups is 2. The van der Waals surface area contributed by atoms with Gasteiger partial charge in [0.25, 0.3) is 0 Å². The summed E-state index contributed by atoms with van der Waals surface area (Å²) in [6, 6.07) is -0.0576. The van der Waals surface area contributed by atoms with Gasteiger partial charge in [0.1, 0.15) is 0 Å². The minimum absolute atomic E-state index is 0.0576. The van der Waals surface area contributed by atoms with E-state index in [1.54, 1.807) is 4.90 Å². The van der Waals surface area contributed by atoms with Crippen LogP contribution < -0.4 is 5.32 Å². The van der Waals surface area contributed by atoms with Crippen molar-refractivity contribution in [2.45, 2.75) is 46.0 Å². The molecule has 0 aliphatic rings. The van der Waals surface area contributed by atoms with E-state index >= 15 is 0 Å². The van der Waals surface area contributed by atoms with Gasteiger partial charge in [0, 0.05) is 32.7 Å². The van der Waals surface area contributed by atoms with E-state index in [-0.39, 0.29) is 12.5 Å². The van der Waals surface area contributed by atoms with Crippen LogP contribution in [0.15, 0.2) is 0 Å². The van der Waals surface area contributed by atoms with Crippen molar-refractivity contribution in [3.63, 3.8) is 0 Å². The van der Waals surface area contributed by atoms with Crippen LogP contribution in [-0.2, 0) is 9.53 Å². The van der Waals surface area contributed by atoms with Crippen molar-refractivity contribution in [1.29, 1.82) is 0 Å². The highest BCUT2D eigenvalue weighted by molar-refractivity contribution is 5.74. The third-order valence-electron chi connectivity index (χ3n) is 2.97. The topological polar surface area (TPSA) is 78.9 Å². The molecule has 0 aromatic heterocycles. The number of rotatable bonds is 12. The summed E-state index contributed by atoms with van der Waals surface area (Å²) >= 11 is 0. The zero-order valence-corrected chi connectivity index (χ0v) is 12.7. The Labute approximate surface area is 121 Å². The third-order valence-corrected chi connectivity index (χ3v) is 2.97. The molecule has 0 atom stereocenters. The molecular formula is C14H28N2O4. The molecule has 2 N–H and O–H groups in total. The van der Waals surface area contributed by atoms with Gasteiger partial charge in [0.15, 0.2) is 0 Å². The smallest absolute Gasteiger partial charge is 0.317 e. The van der Waals surface area contributed by atoms with Crippen LogP contribution in [0.4, 0.5) is 4.79 Å². The number of nitrogens with zero attached hydrogens (tertiary/aromatic N) is 1. The van der Waals surface area contributed by atoms with Crippen LogP contribution >= 0.6 is 0 Å². The number of likely N-dealkylation sites (N-methyl/N-ethyl adjacent to an activating group) is 1. The normalized spacial score (nSPS) is 10.3. The summed E-state index contributed by atoms with van der Waals surface area (Å²) in [6.45, 7) is 7.00. The van der Waals surface area contributed by atoms with Crippen molar-refractivity contribution >= 4 is 12.0 Å². The van der Waals surface area contributed by atoms with E-state index in [0.29, 0.717) is 39.3 Å². The number of amides is 2. The number of hydrogen-bond donors (Lipinski definition) is 2. The summed E-state index contributed by atoms with van der Waals surface area (Å²) in [4.78, 5) is 23.9. The molecule has 6 heteroatoms. The van der Waals surface area contributed by atoms with Crippen molar-refractivity contribution in [2.24, 2.45) is 0 Å². The van der Waals surface area contributed by atoms with Gasteiger partial charge < -0.3 is 20.1 Å². The second-order valence-corrected chi connectivity index (χ2v) is 4.57. The number of nitrogens with one attached hydrogen (secondary N) is 1. The van der Waals surface area contributed by atoms with Gasteiger partial charge in [-0.15, -0.1) is 0 Å². The maximum atomic E-state index is 11.8. The zero-order chi connectivity index (χ0) is 15.2. The highest BCUT2D eigenvalue weighted by atomic mass is 16.5. The first kappa shape index (κ1) is 18.7. The van der Waals surface area contributed by atoms with Gasteiger partial charge in [-0.05, 0) is 26.7 Å². The minimum atomic E-state index is -0.744. The number of ether oxygens (including phenoxy) is 1. The predicted octanol–water partition coefficient (Wildman–Crippen LogP) is 2.09. The molecule has 0 aromatic rings. The lowest BCUT2D eigenvalue weighted by Crippen LogP contribution is -2.41. The third kappa shape index (κ3) is 10.6. The summed E-state index contributed by atoms with van der Waals surface area (Å²) in [6.07, 6.45) is 3.66. The molecule has 20 heavy (non-hydrogen) atoms. The number of carboxylic acid groups (broad SMARTS) is 1. The first-order chi connectivity index (χ1) is 9.61. The van der Waals surface area contributed by atoms with Crippen molar-refractivity contribution in [1.82, 2.24) is 10.2 Å². The molecule has 0 radical (unpaired) electrons. The molecule has 0 rings (SSSR count). The Kier molecular flexibility index (Phi) is 11.9. The standard InChI is InChI=1S/C14H28N2O4/c1-3-16(11-12-20-4-2)14(19)15-10-8-6-5-7-9-13(17)18/h3-12H2,1-2H3,(H,15,19)(H,17,18). The number of carbonyl (C=O) groups excluding carboxylic acids is 1. The Morgan fingerprint density at radius 1 is 1.15 bits per heavy atom. The van der Waals surface area contributed by atoms with Gasteiger partial charge >= 0.3 is 12.0 Å². The summed E-state index contributed by atoms with van der Waals surface area (Å²) in [5.74, 6) is -0.744. The highest BCUT2D eigenvalue weighted by Crippen LogP contribution is 2.02. The van der Waals surface area contributed by atoms with E-state index in [4.69, 9.17) is 9.84 Å². The second kappa shape index (κ2) is 12.7. The van der Waals surface area contributed by atoms with E-state index in [1.807, 2.05) is 13.8 Å². The number of unbranched alkanes of at least 4 members (excludes halogenated alkanes) is 3. The van der Waals surface area contributed by atoms with Gasteiger partial charge in [-0.2, -0.15) is 0 Å². The Morgan fingerprint density at radius 2 is 1.85 bits per heavy atom. The second-order valence-electron chi connectivity index (χ2n) is 4.57. The maximum absolute atomic E-state index is 11.8. The lowest BCUT2D eigenvalue weighted by Gasteiger charge is -2.21. The highest BCUT2D eigenvalue weighted by Gasteiger charge is 2.09. The molecule has 0 aromatic carbocycles. The van der Waals surface area contributed by atoms with Crippen LogP contribution in [-0.4, -0.2) is 54.9 Å². The largest absolute Gasteiger partial charge is 0.481 e. The van der Waals surface area contributed by atoms with Crippen molar-refractivity contribution < 1.29 is 19.4 Å². The molecule has 118 valence electrons. The number of urea groups is 1. The molecule has 0 aliphatic carbocycles.